The minimum absolute atomic E-state index is 0.303. The summed E-state index contributed by atoms with van der Waals surface area (Å²) in [5.41, 5.74) is -1.19. The zero-order valence-corrected chi connectivity index (χ0v) is 46.4. The molecule has 0 aromatic heterocycles. The summed E-state index contributed by atoms with van der Waals surface area (Å²) in [5, 5.41) is 0. The largest absolute Gasteiger partial charge is 0.467 e. The molecule has 1 fully saturated rings. The molecule has 0 aromatic rings. The lowest BCUT2D eigenvalue weighted by Crippen LogP contribution is -2.66. The van der Waals surface area contributed by atoms with Crippen molar-refractivity contribution in [2.75, 3.05) is 26.9 Å². The number of esters is 1. The van der Waals surface area contributed by atoms with E-state index in [-0.39, 0.29) is 5.97 Å². The first kappa shape index (κ1) is 64.4. The number of methoxy groups -OCH3 is 1. The summed E-state index contributed by atoms with van der Waals surface area (Å²) < 4.78 is 26.2. The maximum absolute atomic E-state index is 14.0. The molecule has 400 valence electrons. The lowest BCUT2D eigenvalue weighted by Gasteiger charge is -2.50. The van der Waals surface area contributed by atoms with E-state index >= 15 is 0 Å². The van der Waals surface area contributed by atoms with Gasteiger partial charge in [-0.3, -0.25) is 0 Å². The van der Waals surface area contributed by atoms with E-state index in [1.807, 2.05) is 0 Å². The van der Waals surface area contributed by atoms with Gasteiger partial charge in [-0.25, -0.2) is 4.79 Å². The fraction of sp³-hybridized carbons (Fsp3) is 0.984. The predicted octanol–water partition coefficient (Wildman–Crippen LogP) is 21.0. The molecular weight excluding hydrogens is 825 g/mol. The number of ether oxygens (including phenoxy) is 4. The molecule has 0 aromatic carbocycles. The lowest BCUT2D eigenvalue weighted by atomic mass is 9.78. The first-order chi connectivity index (χ1) is 33.1. The van der Waals surface area contributed by atoms with Crippen LogP contribution in [0.3, 0.4) is 0 Å². The van der Waals surface area contributed by atoms with Crippen LogP contribution in [0.25, 0.3) is 0 Å². The van der Waals surface area contributed by atoms with Crippen LogP contribution < -0.4 is 0 Å². The number of unbranched alkanes of at least 4 members (excludes halogenated alkanes) is 45. The predicted molar refractivity (Wildman–Crippen MR) is 292 cm³/mol. The van der Waals surface area contributed by atoms with Crippen molar-refractivity contribution in [1.82, 2.24) is 0 Å². The van der Waals surface area contributed by atoms with Crippen molar-refractivity contribution in [2.24, 2.45) is 0 Å². The molecule has 5 nitrogen and oxygen atoms in total. The average molecular weight is 948 g/mol. The van der Waals surface area contributed by atoms with Crippen LogP contribution in [0.5, 0.6) is 0 Å². The molecule has 1 unspecified atom stereocenters. The fourth-order valence-corrected chi connectivity index (χ4v) is 10.9. The first-order valence-corrected chi connectivity index (χ1v) is 31.1. The van der Waals surface area contributed by atoms with Gasteiger partial charge in [0.05, 0.1) is 20.3 Å². The number of carbonyl (C=O) groups is 1. The third-order valence-corrected chi connectivity index (χ3v) is 15.4. The van der Waals surface area contributed by atoms with Crippen LogP contribution in [0.4, 0.5) is 0 Å². The molecule has 0 amide bonds. The first-order valence-electron chi connectivity index (χ1n) is 31.1. The molecule has 1 rings (SSSR count). The molecule has 1 aliphatic rings. The quantitative estimate of drug-likeness (QED) is 0.0345. The smallest absolute Gasteiger partial charge is 0.343 e. The summed E-state index contributed by atoms with van der Waals surface area (Å²) >= 11 is 0. The van der Waals surface area contributed by atoms with Gasteiger partial charge in [-0.05, 0) is 38.5 Å². The van der Waals surface area contributed by atoms with Crippen LogP contribution >= 0.6 is 0 Å². The molecule has 0 aliphatic heterocycles. The maximum Gasteiger partial charge on any atom is 0.343 e. The highest BCUT2D eigenvalue weighted by atomic mass is 16.7. The minimum atomic E-state index is -1.19. The highest BCUT2D eigenvalue weighted by molar-refractivity contribution is 5.81. The van der Waals surface area contributed by atoms with E-state index in [0.717, 1.165) is 38.5 Å². The van der Waals surface area contributed by atoms with E-state index in [9.17, 15) is 4.79 Å². The van der Waals surface area contributed by atoms with E-state index in [2.05, 4.69) is 20.8 Å². The van der Waals surface area contributed by atoms with Gasteiger partial charge >= 0.3 is 5.97 Å². The minimum Gasteiger partial charge on any atom is -0.467 e. The van der Waals surface area contributed by atoms with Crippen LogP contribution in [0, 0.1) is 0 Å². The summed E-state index contributed by atoms with van der Waals surface area (Å²) in [6.07, 6.45) is 67.9. The Labute approximate surface area is 421 Å². The summed E-state index contributed by atoms with van der Waals surface area (Å²) in [4.78, 5) is 14.0. The molecule has 0 radical (unpaired) electrons. The lowest BCUT2D eigenvalue weighted by molar-refractivity contribution is -0.339. The Morgan fingerprint density at radius 3 is 0.746 bits per heavy atom. The Morgan fingerprint density at radius 2 is 0.507 bits per heavy atom. The molecule has 0 heterocycles. The van der Waals surface area contributed by atoms with E-state index in [4.69, 9.17) is 18.9 Å². The van der Waals surface area contributed by atoms with Crippen molar-refractivity contribution >= 4 is 5.97 Å². The molecule has 1 saturated carbocycles. The van der Waals surface area contributed by atoms with Gasteiger partial charge in [-0.1, -0.05) is 310 Å². The average Bonchev–Trinajstić information content (AvgIpc) is 3.34. The Kier molecular flexibility index (Phi) is 48.3. The van der Waals surface area contributed by atoms with Crippen LogP contribution in [0.15, 0.2) is 0 Å². The Bertz CT molecular complexity index is 947. The second-order valence-corrected chi connectivity index (χ2v) is 21.7. The molecule has 0 N–H and O–H groups in total. The molecule has 1 aliphatic carbocycles. The highest BCUT2D eigenvalue weighted by Crippen LogP contribution is 2.45. The zero-order valence-electron chi connectivity index (χ0n) is 46.4. The molecule has 0 bridgehead atoms. The van der Waals surface area contributed by atoms with Crippen LogP contribution in [0.1, 0.15) is 355 Å². The Morgan fingerprint density at radius 1 is 0.299 bits per heavy atom. The van der Waals surface area contributed by atoms with Gasteiger partial charge in [-0.2, -0.15) is 0 Å². The van der Waals surface area contributed by atoms with Crippen molar-refractivity contribution in [3.63, 3.8) is 0 Å². The standard InChI is InChI=1S/C62H122O5/c1-5-8-11-14-17-20-23-26-29-32-35-38-41-44-47-52-57-65-61(60(63)64-4)55-50-51-56-62(61,66-58-53-48-45-42-39-36-33-30-27-24-21-18-15-12-9-6-2)67-59-54-49-46-43-40-37-34-31-28-25-22-19-16-13-10-7-3/h5-59H2,1-4H3. The van der Waals surface area contributed by atoms with Crippen LogP contribution in [-0.2, 0) is 23.7 Å². The molecule has 0 spiro atoms. The van der Waals surface area contributed by atoms with Gasteiger partial charge in [0.2, 0.25) is 11.4 Å². The monoisotopic (exact) mass is 947 g/mol. The van der Waals surface area contributed by atoms with E-state index in [1.54, 1.807) is 0 Å². The van der Waals surface area contributed by atoms with Crippen molar-refractivity contribution < 1.29 is 23.7 Å². The SMILES string of the molecule is CCCCCCCCCCCCCCCCCCOC1(OCCCCCCCCCCCCCCCCCC)CCCCC1(OCCCCCCCCCCCCCCCCCC)C(=O)OC. The summed E-state index contributed by atoms with van der Waals surface area (Å²) in [6.45, 7) is 8.68. The molecule has 1 atom stereocenters. The third kappa shape index (κ3) is 36.0. The van der Waals surface area contributed by atoms with Gasteiger partial charge in [0.1, 0.15) is 0 Å². The molecule has 0 saturated heterocycles. The Balaban J connectivity index is 2.53. The van der Waals surface area contributed by atoms with Gasteiger partial charge in [0, 0.05) is 13.0 Å². The van der Waals surface area contributed by atoms with Crippen molar-refractivity contribution in [2.45, 2.75) is 366 Å². The van der Waals surface area contributed by atoms with Crippen molar-refractivity contribution in [1.29, 1.82) is 0 Å². The van der Waals surface area contributed by atoms with E-state index < -0.39 is 11.4 Å². The number of hydrogen-bond donors (Lipinski definition) is 0. The second-order valence-electron chi connectivity index (χ2n) is 21.7. The van der Waals surface area contributed by atoms with Gasteiger partial charge in [-0.15, -0.1) is 0 Å². The summed E-state index contributed by atoms with van der Waals surface area (Å²) in [5.74, 6) is -1.37. The van der Waals surface area contributed by atoms with Gasteiger partial charge in [0.25, 0.3) is 0 Å². The normalized spacial score (nSPS) is 16.0. The van der Waals surface area contributed by atoms with E-state index in [1.165, 1.54) is 290 Å². The topological polar surface area (TPSA) is 54.0 Å². The van der Waals surface area contributed by atoms with E-state index in [0.29, 0.717) is 32.7 Å². The Hall–Kier alpha value is -0.650. The number of carbonyl (C=O) groups excluding carboxylic acids is 1. The summed E-state index contributed by atoms with van der Waals surface area (Å²) in [7, 11) is 1.52. The number of hydrogen-bond acceptors (Lipinski definition) is 5. The van der Waals surface area contributed by atoms with Gasteiger partial charge in [0.15, 0.2) is 0 Å². The van der Waals surface area contributed by atoms with Gasteiger partial charge < -0.3 is 18.9 Å². The maximum atomic E-state index is 14.0. The highest BCUT2D eigenvalue weighted by Gasteiger charge is 2.62. The van der Waals surface area contributed by atoms with Crippen LogP contribution in [0.2, 0.25) is 0 Å². The molecule has 5 heteroatoms. The van der Waals surface area contributed by atoms with Crippen molar-refractivity contribution in [3.8, 4) is 0 Å². The van der Waals surface area contributed by atoms with Crippen LogP contribution in [-0.4, -0.2) is 44.3 Å². The van der Waals surface area contributed by atoms with Crippen molar-refractivity contribution in [3.05, 3.63) is 0 Å². The zero-order chi connectivity index (χ0) is 48.3. The molecule has 67 heavy (non-hydrogen) atoms. The summed E-state index contributed by atoms with van der Waals surface area (Å²) in [6, 6.07) is 0. The third-order valence-electron chi connectivity index (χ3n) is 15.4. The number of rotatable bonds is 55. The molecular formula is C62H122O5. The second kappa shape index (κ2) is 50.3. The fourth-order valence-electron chi connectivity index (χ4n) is 10.9.